The number of hydrogen-bond donors (Lipinski definition) is 0. The molecule has 0 spiro atoms. The smallest absolute Gasteiger partial charge is 0.143 e. The maximum Gasteiger partial charge on any atom is 0.143 e. The third-order valence-electron chi connectivity index (χ3n) is 13.6. The van der Waals surface area contributed by atoms with Crippen LogP contribution in [0.1, 0.15) is 0 Å². The Balaban J connectivity index is 0.983. The Morgan fingerprint density at radius 1 is 0.219 bits per heavy atom. The highest BCUT2D eigenvalue weighted by Crippen LogP contribution is 2.49. The van der Waals surface area contributed by atoms with Crippen LogP contribution < -0.4 is 0 Å². The number of rotatable bonds is 4. The van der Waals surface area contributed by atoms with Crippen molar-refractivity contribution in [3.63, 3.8) is 0 Å². The van der Waals surface area contributed by atoms with Crippen LogP contribution in [0.25, 0.3) is 142 Å². The lowest BCUT2D eigenvalue weighted by molar-refractivity contribution is 0.670. The molecule has 0 atom stereocenters. The summed E-state index contributed by atoms with van der Waals surface area (Å²) < 4.78 is 13.7. The van der Waals surface area contributed by atoms with Gasteiger partial charge in [0.1, 0.15) is 22.3 Å². The number of hydrogen-bond acceptors (Lipinski definition) is 2. The molecule has 0 saturated heterocycles. The number of benzene rings is 12. The first-order valence-electron chi connectivity index (χ1n) is 22.0. The SMILES string of the molecule is c1ccc(-c2c3ccccc3c(-c3ccc4c(c3)oc3c(-c5c6ccccc6c(-c6ccc7oc8c9ccccc9ccc8c7c6)c6ccccc56)cccc34)c3ccccc23)cc1. The molecule has 14 aromatic rings. The van der Waals surface area contributed by atoms with E-state index in [1.54, 1.807) is 0 Å². The first kappa shape index (κ1) is 35.2. The average Bonchev–Trinajstić information content (AvgIpc) is 3.93. The Hall–Kier alpha value is -8.46. The molecule has 296 valence electrons. The monoisotopic (exact) mass is 812 g/mol. The summed E-state index contributed by atoms with van der Waals surface area (Å²) in [5.74, 6) is 0. The summed E-state index contributed by atoms with van der Waals surface area (Å²) in [4.78, 5) is 0. The van der Waals surface area contributed by atoms with Gasteiger partial charge in [-0.15, -0.1) is 0 Å². The van der Waals surface area contributed by atoms with Crippen LogP contribution in [0.2, 0.25) is 0 Å². The highest BCUT2D eigenvalue weighted by atomic mass is 16.3. The van der Waals surface area contributed by atoms with Crippen molar-refractivity contribution in [3.8, 4) is 44.5 Å². The fourth-order valence-corrected chi connectivity index (χ4v) is 10.9. The molecule has 0 radical (unpaired) electrons. The molecular formula is C62H36O2. The summed E-state index contributed by atoms with van der Waals surface area (Å²) in [6.45, 7) is 0. The third-order valence-corrected chi connectivity index (χ3v) is 13.6. The zero-order valence-corrected chi connectivity index (χ0v) is 34.6. The van der Waals surface area contributed by atoms with E-state index in [0.717, 1.165) is 66.0 Å². The zero-order chi connectivity index (χ0) is 41.9. The lowest BCUT2D eigenvalue weighted by atomic mass is 9.85. The van der Waals surface area contributed by atoms with Crippen molar-refractivity contribution in [3.05, 3.63) is 218 Å². The topological polar surface area (TPSA) is 26.3 Å². The van der Waals surface area contributed by atoms with Gasteiger partial charge in [0.15, 0.2) is 0 Å². The summed E-state index contributed by atoms with van der Waals surface area (Å²) in [5, 5.41) is 16.5. The van der Waals surface area contributed by atoms with Gasteiger partial charge < -0.3 is 8.83 Å². The molecule has 0 saturated carbocycles. The van der Waals surface area contributed by atoms with E-state index in [1.807, 2.05) is 0 Å². The maximum absolute atomic E-state index is 7.13. The van der Waals surface area contributed by atoms with E-state index in [9.17, 15) is 0 Å². The van der Waals surface area contributed by atoms with Gasteiger partial charge in [-0.3, -0.25) is 0 Å². The van der Waals surface area contributed by atoms with Crippen LogP contribution >= 0.6 is 0 Å². The van der Waals surface area contributed by atoms with E-state index in [4.69, 9.17) is 8.83 Å². The minimum atomic E-state index is 0.874. The number of para-hydroxylation sites is 1. The molecule has 2 heterocycles. The number of fused-ring (bicyclic) bond motifs is 12. The molecule has 0 unspecified atom stereocenters. The second kappa shape index (κ2) is 13.5. The number of furan rings is 2. The predicted molar refractivity (Wildman–Crippen MR) is 270 cm³/mol. The Bertz CT molecular complexity index is 4130. The molecule has 0 amide bonds. The van der Waals surface area contributed by atoms with E-state index in [1.165, 1.54) is 76.3 Å². The standard InChI is InChI=1S/C62H36O2/c1-2-16-38(17-3-1)57-43-19-6-8-21-45(43)59(46-22-9-7-20-44(46)57)40-30-32-42-51-27-14-28-53(62(51)64-56(42)36-40)60-49-25-12-10-23-47(49)58(48-24-11-13-26-50(48)60)39-31-34-55-54(35-39)52-33-29-37-15-4-5-18-41(37)61(52)63-55/h1-36H. The summed E-state index contributed by atoms with van der Waals surface area (Å²) in [6.07, 6.45) is 0. The van der Waals surface area contributed by atoms with Gasteiger partial charge in [-0.05, 0) is 112 Å². The molecule has 0 N–H and O–H groups in total. The average molecular weight is 813 g/mol. The lowest BCUT2D eigenvalue weighted by Crippen LogP contribution is -1.91. The summed E-state index contributed by atoms with van der Waals surface area (Å²) >= 11 is 0. The van der Waals surface area contributed by atoms with Crippen LogP contribution in [0.4, 0.5) is 0 Å². The van der Waals surface area contributed by atoms with Crippen molar-refractivity contribution in [2.45, 2.75) is 0 Å². The second-order valence-electron chi connectivity index (χ2n) is 17.0. The van der Waals surface area contributed by atoms with Crippen LogP contribution in [-0.4, -0.2) is 0 Å². The summed E-state index contributed by atoms with van der Waals surface area (Å²) in [6, 6.07) is 79.1. The van der Waals surface area contributed by atoms with Gasteiger partial charge in [-0.1, -0.05) is 188 Å². The molecule has 0 fully saturated rings. The molecule has 0 aliphatic carbocycles. The van der Waals surface area contributed by atoms with Crippen molar-refractivity contribution in [2.24, 2.45) is 0 Å². The van der Waals surface area contributed by atoms with E-state index in [2.05, 4.69) is 218 Å². The molecule has 2 aromatic heterocycles. The first-order valence-corrected chi connectivity index (χ1v) is 22.0. The fourth-order valence-electron chi connectivity index (χ4n) is 10.9. The van der Waals surface area contributed by atoms with E-state index in [-0.39, 0.29) is 0 Å². The Labute approximate surface area is 367 Å². The van der Waals surface area contributed by atoms with E-state index >= 15 is 0 Å². The van der Waals surface area contributed by atoms with Gasteiger partial charge in [0, 0.05) is 38.1 Å². The quantitative estimate of drug-likeness (QED) is 0.166. The van der Waals surface area contributed by atoms with Gasteiger partial charge in [0.05, 0.1) is 0 Å². The minimum absolute atomic E-state index is 0.874. The molecule has 12 aromatic carbocycles. The largest absolute Gasteiger partial charge is 0.455 e. The second-order valence-corrected chi connectivity index (χ2v) is 17.0. The third kappa shape index (κ3) is 5.02. The highest BCUT2D eigenvalue weighted by molar-refractivity contribution is 6.26. The van der Waals surface area contributed by atoms with Gasteiger partial charge in [-0.2, -0.15) is 0 Å². The molecule has 0 bridgehead atoms. The van der Waals surface area contributed by atoms with Crippen molar-refractivity contribution < 1.29 is 8.83 Å². The maximum atomic E-state index is 7.13. The molecule has 14 rings (SSSR count). The normalized spacial score (nSPS) is 12.1. The lowest BCUT2D eigenvalue weighted by Gasteiger charge is -2.18. The van der Waals surface area contributed by atoms with Gasteiger partial charge >= 0.3 is 0 Å². The van der Waals surface area contributed by atoms with Gasteiger partial charge in [0.2, 0.25) is 0 Å². The van der Waals surface area contributed by atoms with Crippen LogP contribution in [0.5, 0.6) is 0 Å². The Kier molecular flexibility index (Phi) is 7.43. The summed E-state index contributed by atoms with van der Waals surface area (Å²) in [5.41, 5.74) is 13.1. The highest BCUT2D eigenvalue weighted by Gasteiger charge is 2.23. The van der Waals surface area contributed by atoms with Gasteiger partial charge in [0.25, 0.3) is 0 Å². The molecule has 64 heavy (non-hydrogen) atoms. The minimum Gasteiger partial charge on any atom is -0.455 e. The van der Waals surface area contributed by atoms with Crippen molar-refractivity contribution in [2.75, 3.05) is 0 Å². The Morgan fingerprint density at radius 2 is 0.672 bits per heavy atom. The molecule has 0 aliphatic heterocycles. The fraction of sp³-hybridized carbons (Fsp3) is 0. The van der Waals surface area contributed by atoms with Crippen molar-refractivity contribution in [1.29, 1.82) is 0 Å². The molecular weight excluding hydrogens is 777 g/mol. The van der Waals surface area contributed by atoms with Gasteiger partial charge in [-0.25, -0.2) is 0 Å². The van der Waals surface area contributed by atoms with E-state index < -0.39 is 0 Å². The summed E-state index contributed by atoms with van der Waals surface area (Å²) in [7, 11) is 0. The van der Waals surface area contributed by atoms with Crippen LogP contribution in [-0.2, 0) is 0 Å². The van der Waals surface area contributed by atoms with Crippen LogP contribution in [0.3, 0.4) is 0 Å². The molecule has 0 aliphatic rings. The van der Waals surface area contributed by atoms with Crippen LogP contribution in [0, 0.1) is 0 Å². The van der Waals surface area contributed by atoms with Crippen molar-refractivity contribution >= 4 is 97.7 Å². The Morgan fingerprint density at radius 3 is 1.30 bits per heavy atom. The molecule has 2 heteroatoms. The first-order chi connectivity index (χ1) is 31.8. The van der Waals surface area contributed by atoms with E-state index in [0.29, 0.717) is 0 Å². The zero-order valence-electron chi connectivity index (χ0n) is 34.6. The van der Waals surface area contributed by atoms with Crippen LogP contribution in [0.15, 0.2) is 227 Å². The van der Waals surface area contributed by atoms with Crippen molar-refractivity contribution in [1.82, 2.24) is 0 Å². The molecule has 2 nitrogen and oxygen atoms in total. The predicted octanol–water partition coefficient (Wildman–Crippen LogP) is 17.9.